The smallest absolute Gasteiger partial charge is 0.375 e. The van der Waals surface area contributed by atoms with Gasteiger partial charge in [0.05, 0.1) is 41.1 Å². The number of hydrogen-bond acceptors (Lipinski definition) is 9. The first kappa shape index (κ1) is 33.1. The Hall–Kier alpha value is -4.44. The highest BCUT2D eigenvalue weighted by molar-refractivity contribution is 6.21. The molecule has 3 aromatic rings. The van der Waals surface area contributed by atoms with Crippen LogP contribution in [0.4, 0.5) is 18.9 Å². The molecule has 0 bridgehead atoms. The molecule has 0 spiro atoms. The highest BCUT2D eigenvalue weighted by atomic mass is 19.4. The Morgan fingerprint density at radius 1 is 1.00 bits per heavy atom. The molecule has 3 amide bonds. The minimum Gasteiger partial charge on any atom is -0.375 e. The average molecular weight is 603 g/mol. The molecule has 3 rings (SSSR count). The number of carbonyl (C=O) groups excluding carboxylic acids is 3. The van der Waals surface area contributed by atoms with Crippen LogP contribution in [0.5, 0.6) is 0 Å². The highest BCUT2D eigenvalue weighted by Crippen LogP contribution is 2.29. The number of anilines is 1. The minimum atomic E-state index is -4.62. The second-order valence-electron chi connectivity index (χ2n) is 9.38. The summed E-state index contributed by atoms with van der Waals surface area (Å²) in [5, 5.41) is 15.4. The summed E-state index contributed by atoms with van der Waals surface area (Å²) in [5.74, 6) is -2.28. The van der Waals surface area contributed by atoms with Gasteiger partial charge in [0.2, 0.25) is 11.8 Å². The number of aliphatic hydroxyl groups is 1. The Bertz CT molecular complexity index is 1440. The first-order chi connectivity index (χ1) is 20.5. The molecule has 0 fully saturated rings. The van der Waals surface area contributed by atoms with Gasteiger partial charge in [-0.2, -0.15) is 13.2 Å². The number of benzene rings is 2. The average Bonchev–Trinajstić information content (AvgIpc) is 2.98. The van der Waals surface area contributed by atoms with E-state index < -0.39 is 54.7 Å². The van der Waals surface area contributed by atoms with E-state index in [1.807, 2.05) is 0 Å². The fourth-order valence-corrected chi connectivity index (χ4v) is 4.20. The molecule has 12 nitrogen and oxygen atoms in total. The number of carbonyl (C=O) groups is 3. The van der Waals surface area contributed by atoms with Gasteiger partial charge in [0.1, 0.15) is 6.73 Å². The Morgan fingerprint density at radius 3 is 2.26 bits per heavy atom. The van der Waals surface area contributed by atoms with Crippen molar-refractivity contribution >= 4 is 40.0 Å². The molecular weight excluding hydrogens is 569 g/mol. The van der Waals surface area contributed by atoms with Crippen LogP contribution in [0.25, 0.3) is 10.9 Å². The standard InChI is InChI=1S/C28H33F3N8O4/c29-28(30,31)19-7-5-17(6-8-19)24(36-16-40)25(27(43)37-20-13-18-3-1-2-4-22(18)35-15-20)38-26(42)21(34)14-23(41)39(11-9-32)12-10-33/h1-8,13,15,21,25,40H,9-12,14,16,32-34H2,(H,37,43)(H,38,42). The van der Waals surface area contributed by atoms with Crippen LogP contribution in [-0.4, -0.2) is 83.4 Å². The summed E-state index contributed by atoms with van der Waals surface area (Å²) in [5.41, 5.74) is 16.8. The van der Waals surface area contributed by atoms with Crippen LogP contribution in [0.15, 0.2) is 65.8 Å². The third-order valence-electron chi connectivity index (χ3n) is 6.31. The number of halogens is 3. The van der Waals surface area contributed by atoms with Crippen LogP contribution in [0.3, 0.4) is 0 Å². The van der Waals surface area contributed by atoms with Crippen LogP contribution < -0.4 is 27.8 Å². The first-order valence-electron chi connectivity index (χ1n) is 13.2. The highest BCUT2D eigenvalue weighted by Gasteiger charge is 2.33. The molecule has 0 saturated heterocycles. The predicted octanol–water partition coefficient (Wildman–Crippen LogP) is 0.579. The van der Waals surface area contributed by atoms with Crippen molar-refractivity contribution in [1.82, 2.24) is 15.2 Å². The fourth-order valence-electron chi connectivity index (χ4n) is 4.20. The Kier molecular flexibility index (Phi) is 11.7. The summed E-state index contributed by atoms with van der Waals surface area (Å²) in [6.45, 7) is -0.154. The maximum absolute atomic E-state index is 13.6. The van der Waals surface area contributed by atoms with Gasteiger partial charge in [-0.3, -0.25) is 24.4 Å². The van der Waals surface area contributed by atoms with E-state index in [1.165, 1.54) is 11.1 Å². The lowest BCUT2D eigenvalue weighted by Gasteiger charge is -2.25. The Morgan fingerprint density at radius 2 is 1.65 bits per heavy atom. The quantitative estimate of drug-likeness (QED) is 0.152. The molecule has 9 N–H and O–H groups in total. The molecule has 1 heterocycles. The van der Waals surface area contributed by atoms with Gasteiger partial charge in [0.15, 0.2) is 6.04 Å². The number of nitrogens with zero attached hydrogens (tertiary/aromatic N) is 3. The number of aromatic nitrogens is 1. The number of hydrogen-bond donors (Lipinski definition) is 6. The summed E-state index contributed by atoms with van der Waals surface area (Å²) in [7, 11) is 0. The number of nitrogens with one attached hydrogen (secondary N) is 2. The number of rotatable bonds is 13. The number of fused-ring (bicyclic) bond motifs is 1. The van der Waals surface area contributed by atoms with E-state index in [1.54, 1.807) is 30.3 Å². The van der Waals surface area contributed by atoms with Crippen molar-refractivity contribution in [2.45, 2.75) is 24.7 Å². The number of alkyl halides is 3. The third kappa shape index (κ3) is 9.02. The molecule has 2 unspecified atom stereocenters. The monoisotopic (exact) mass is 602 g/mol. The molecule has 1 aromatic heterocycles. The number of nitrogens with two attached hydrogens (primary N) is 3. The van der Waals surface area contributed by atoms with Crippen molar-refractivity contribution in [3.63, 3.8) is 0 Å². The van der Waals surface area contributed by atoms with Gasteiger partial charge in [0.25, 0.3) is 5.91 Å². The molecule has 0 radical (unpaired) electrons. The van der Waals surface area contributed by atoms with Gasteiger partial charge >= 0.3 is 6.18 Å². The fraction of sp³-hybridized carbons (Fsp3) is 0.321. The normalized spacial score (nSPS) is 13.3. The lowest BCUT2D eigenvalue weighted by Crippen LogP contribution is -2.55. The van der Waals surface area contributed by atoms with Crippen LogP contribution in [0.1, 0.15) is 17.5 Å². The van der Waals surface area contributed by atoms with Crippen molar-refractivity contribution in [2.75, 3.05) is 38.2 Å². The SMILES string of the molecule is NCCN(CCN)C(=O)CC(N)C(=O)NC(C(=O)Nc1cnc2ccccc2c1)C(=NCO)c1ccc(C(F)(F)F)cc1. The second kappa shape index (κ2) is 15.2. The first-order valence-corrected chi connectivity index (χ1v) is 13.2. The summed E-state index contributed by atoms with van der Waals surface area (Å²) in [6.07, 6.45) is -3.68. The molecule has 0 saturated carbocycles. The van der Waals surface area contributed by atoms with Crippen LogP contribution in [0, 0.1) is 0 Å². The Labute approximate surface area is 245 Å². The molecule has 0 aliphatic heterocycles. The van der Waals surface area contributed by atoms with Gasteiger partial charge in [-0.05, 0) is 29.8 Å². The summed E-state index contributed by atoms with van der Waals surface area (Å²) < 4.78 is 39.5. The van der Waals surface area contributed by atoms with Crippen molar-refractivity contribution in [3.05, 3.63) is 71.9 Å². The molecule has 43 heavy (non-hydrogen) atoms. The maximum atomic E-state index is 13.6. The van der Waals surface area contributed by atoms with E-state index in [9.17, 15) is 32.7 Å². The van der Waals surface area contributed by atoms with Crippen LogP contribution >= 0.6 is 0 Å². The number of amides is 3. The molecular formula is C28H33F3N8O4. The Balaban J connectivity index is 1.93. The van der Waals surface area contributed by atoms with E-state index in [4.69, 9.17) is 17.2 Å². The summed E-state index contributed by atoms with van der Waals surface area (Å²) >= 11 is 0. The summed E-state index contributed by atoms with van der Waals surface area (Å²) in [4.78, 5) is 49.0. The van der Waals surface area contributed by atoms with Gasteiger partial charge in [0, 0.05) is 31.6 Å². The molecule has 0 aliphatic carbocycles. The molecule has 15 heteroatoms. The molecule has 2 aromatic carbocycles. The van der Waals surface area contributed by atoms with E-state index in [0.717, 1.165) is 24.3 Å². The molecule has 2 atom stereocenters. The number of aliphatic imine (C=N–C) groups is 1. The van der Waals surface area contributed by atoms with Crippen LogP contribution in [0.2, 0.25) is 0 Å². The van der Waals surface area contributed by atoms with E-state index in [0.29, 0.717) is 10.9 Å². The van der Waals surface area contributed by atoms with E-state index in [-0.39, 0.29) is 43.1 Å². The topological polar surface area (TPSA) is 202 Å². The largest absolute Gasteiger partial charge is 0.416 e. The van der Waals surface area contributed by atoms with Crippen molar-refractivity contribution in [2.24, 2.45) is 22.2 Å². The zero-order chi connectivity index (χ0) is 31.6. The lowest BCUT2D eigenvalue weighted by atomic mass is 9.99. The number of para-hydroxylation sites is 1. The third-order valence-corrected chi connectivity index (χ3v) is 6.31. The number of pyridine rings is 1. The van der Waals surface area contributed by atoms with Crippen molar-refractivity contribution < 1.29 is 32.7 Å². The lowest BCUT2D eigenvalue weighted by molar-refractivity contribution is -0.137. The zero-order valence-corrected chi connectivity index (χ0v) is 23.1. The second-order valence-corrected chi connectivity index (χ2v) is 9.38. The van der Waals surface area contributed by atoms with Crippen molar-refractivity contribution in [3.8, 4) is 0 Å². The number of aliphatic hydroxyl groups excluding tert-OH is 1. The van der Waals surface area contributed by atoms with E-state index in [2.05, 4.69) is 20.6 Å². The van der Waals surface area contributed by atoms with Crippen LogP contribution in [-0.2, 0) is 20.6 Å². The predicted molar refractivity (Wildman–Crippen MR) is 155 cm³/mol. The summed E-state index contributed by atoms with van der Waals surface area (Å²) in [6, 6.07) is 9.34. The van der Waals surface area contributed by atoms with Crippen molar-refractivity contribution in [1.29, 1.82) is 0 Å². The minimum absolute atomic E-state index is 0.0147. The molecule has 230 valence electrons. The zero-order valence-electron chi connectivity index (χ0n) is 23.1. The van der Waals surface area contributed by atoms with Gasteiger partial charge < -0.3 is 37.8 Å². The van der Waals surface area contributed by atoms with E-state index >= 15 is 0 Å². The maximum Gasteiger partial charge on any atom is 0.416 e. The molecule has 0 aliphatic rings. The van der Waals surface area contributed by atoms with Gasteiger partial charge in [-0.25, -0.2) is 0 Å². The van der Waals surface area contributed by atoms with Gasteiger partial charge in [-0.15, -0.1) is 0 Å². The van der Waals surface area contributed by atoms with Gasteiger partial charge in [-0.1, -0.05) is 30.3 Å².